The largest absolute Gasteiger partial charge is 0.445 e. The molecule has 0 unspecified atom stereocenters. The number of benzene rings is 1. The highest BCUT2D eigenvalue weighted by Crippen LogP contribution is 2.33. The number of halogens is 3. The van der Waals surface area contributed by atoms with Crippen molar-refractivity contribution < 1.29 is 22.8 Å². The zero-order valence-corrected chi connectivity index (χ0v) is 16.8. The van der Waals surface area contributed by atoms with Crippen LogP contribution in [0.2, 0.25) is 0 Å². The average Bonchev–Trinajstić information content (AvgIpc) is 3.12. The van der Waals surface area contributed by atoms with Crippen LogP contribution in [0.1, 0.15) is 29.8 Å². The Hall–Kier alpha value is -2.59. The second kappa shape index (κ2) is 9.94. The molecule has 0 aliphatic carbocycles. The molecule has 0 radical (unpaired) electrons. The van der Waals surface area contributed by atoms with Gasteiger partial charge in [-0.1, -0.05) is 47.7 Å². The second-order valence-corrected chi connectivity index (χ2v) is 7.99. The molecule has 2 atom stereocenters. The minimum atomic E-state index is -4.60. The van der Waals surface area contributed by atoms with Gasteiger partial charge in [-0.15, -0.1) is 10.2 Å². The molecule has 6 nitrogen and oxygen atoms in total. The Morgan fingerprint density at radius 2 is 2.00 bits per heavy atom. The molecule has 1 amide bonds. The van der Waals surface area contributed by atoms with Crippen LogP contribution in [-0.2, 0) is 22.2 Å². The van der Waals surface area contributed by atoms with Gasteiger partial charge in [0, 0.05) is 6.42 Å². The van der Waals surface area contributed by atoms with Crippen molar-refractivity contribution >= 4 is 28.2 Å². The summed E-state index contributed by atoms with van der Waals surface area (Å²) in [5.74, 6) is -0.673. The van der Waals surface area contributed by atoms with E-state index in [-0.39, 0.29) is 34.2 Å². The number of aromatic nitrogens is 2. The van der Waals surface area contributed by atoms with Gasteiger partial charge >= 0.3 is 6.18 Å². The van der Waals surface area contributed by atoms with Crippen molar-refractivity contribution in [1.29, 1.82) is 0 Å². The lowest BCUT2D eigenvalue weighted by Gasteiger charge is -2.27. The number of nitrogens with one attached hydrogen (secondary N) is 2. The van der Waals surface area contributed by atoms with Gasteiger partial charge in [-0.2, -0.15) is 13.2 Å². The van der Waals surface area contributed by atoms with Crippen LogP contribution in [0.25, 0.3) is 0 Å². The van der Waals surface area contributed by atoms with E-state index in [4.69, 9.17) is 0 Å². The molecule has 2 aromatic rings. The molecule has 1 aromatic carbocycles. The molecule has 0 bridgehead atoms. The highest BCUT2D eigenvalue weighted by atomic mass is 32.1. The topological polar surface area (TPSA) is 84.0 Å². The van der Waals surface area contributed by atoms with Crippen molar-refractivity contribution in [3.63, 3.8) is 0 Å². The van der Waals surface area contributed by atoms with E-state index >= 15 is 0 Å². The van der Waals surface area contributed by atoms with Crippen LogP contribution in [0.3, 0.4) is 0 Å². The number of aryl methyl sites for hydroxylation is 1. The van der Waals surface area contributed by atoms with Gasteiger partial charge in [0.05, 0.1) is 6.04 Å². The molecule has 2 heterocycles. The van der Waals surface area contributed by atoms with Gasteiger partial charge in [-0.3, -0.25) is 14.9 Å². The molecule has 0 spiro atoms. The number of hydrogen-bond acceptors (Lipinski definition) is 6. The summed E-state index contributed by atoms with van der Waals surface area (Å²) in [6.45, 7) is 0.825. The molecule has 10 heteroatoms. The van der Waals surface area contributed by atoms with Crippen molar-refractivity contribution in [3.8, 4) is 0 Å². The monoisotopic (exact) mass is 438 g/mol. The molecular formula is C20H21F3N4O2S. The van der Waals surface area contributed by atoms with Gasteiger partial charge in [0.25, 0.3) is 0 Å². The van der Waals surface area contributed by atoms with Crippen molar-refractivity contribution in [1.82, 2.24) is 15.5 Å². The average molecular weight is 438 g/mol. The van der Waals surface area contributed by atoms with Crippen molar-refractivity contribution in [3.05, 3.63) is 53.1 Å². The number of amides is 1. The Kier molecular flexibility index (Phi) is 7.33. The van der Waals surface area contributed by atoms with Crippen LogP contribution in [0, 0.1) is 5.92 Å². The fourth-order valence-corrected chi connectivity index (χ4v) is 3.60. The van der Waals surface area contributed by atoms with Gasteiger partial charge in [-0.25, -0.2) is 0 Å². The predicted octanol–water partition coefficient (Wildman–Crippen LogP) is 3.62. The zero-order valence-electron chi connectivity index (χ0n) is 16.0. The van der Waals surface area contributed by atoms with Gasteiger partial charge < -0.3 is 5.32 Å². The number of rotatable bonds is 9. The SMILES string of the molecule is O=C(/C=C/[C@H](CCc1ccccc1)CC(=O)[C@@H]1CCN1)Nc1nnc(C(F)(F)F)s1. The van der Waals surface area contributed by atoms with Crippen molar-refractivity contribution in [2.75, 3.05) is 11.9 Å². The van der Waals surface area contributed by atoms with E-state index in [1.54, 1.807) is 6.08 Å². The third-order valence-electron chi connectivity index (χ3n) is 4.74. The third kappa shape index (κ3) is 6.46. The first-order valence-corrected chi connectivity index (χ1v) is 10.3. The molecule has 1 saturated heterocycles. The maximum absolute atomic E-state index is 12.6. The first-order valence-electron chi connectivity index (χ1n) is 9.51. The van der Waals surface area contributed by atoms with E-state index < -0.39 is 17.1 Å². The lowest BCUT2D eigenvalue weighted by atomic mass is 9.89. The van der Waals surface area contributed by atoms with Crippen LogP contribution in [0.15, 0.2) is 42.5 Å². The van der Waals surface area contributed by atoms with Crippen molar-refractivity contribution in [2.24, 2.45) is 5.92 Å². The summed E-state index contributed by atoms with van der Waals surface area (Å²) in [7, 11) is 0. The Bertz CT molecular complexity index is 895. The lowest BCUT2D eigenvalue weighted by molar-refractivity contribution is -0.138. The second-order valence-electron chi connectivity index (χ2n) is 7.01. The molecule has 1 aliphatic rings. The third-order valence-corrected chi connectivity index (χ3v) is 5.62. The number of alkyl halides is 3. The first-order chi connectivity index (χ1) is 14.3. The first kappa shape index (κ1) is 22.1. The van der Waals surface area contributed by atoms with Crippen LogP contribution in [0.5, 0.6) is 0 Å². The van der Waals surface area contributed by atoms with Gasteiger partial charge in [0.1, 0.15) is 5.78 Å². The fourth-order valence-electron chi connectivity index (χ4n) is 2.99. The van der Waals surface area contributed by atoms with E-state index in [1.807, 2.05) is 30.3 Å². The number of nitrogens with zero attached hydrogens (tertiary/aromatic N) is 2. The van der Waals surface area contributed by atoms with Crippen LogP contribution in [0.4, 0.5) is 18.3 Å². The van der Waals surface area contributed by atoms with E-state index in [2.05, 4.69) is 20.8 Å². The minimum Gasteiger partial charge on any atom is -0.307 e. The predicted molar refractivity (Wildman–Crippen MR) is 107 cm³/mol. The number of ketones is 1. The number of carbonyl (C=O) groups is 2. The van der Waals surface area contributed by atoms with Gasteiger partial charge in [-0.05, 0) is 43.4 Å². The number of Topliss-reactive ketones (excluding diaryl/α,β-unsaturated/α-hetero) is 1. The molecule has 160 valence electrons. The molecule has 3 rings (SSSR count). The normalized spacial score (nSPS) is 17.5. The molecule has 1 fully saturated rings. The van der Waals surface area contributed by atoms with Gasteiger partial charge in [0.2, 0.25) is 16.0 Å². The summed E-state index contributed by atoms with van der Waals surface area (Å²) < 4.78 is 37.7. The highest BCUT2D eigenvalue weighted by molar-refractivity contribution is 7.15. The van der Waals surface area contributed by atoms with E-state index in [0.717, 1.165) is 24.9 Å². The Balaban J connectivity index is 1.59. The number of allylic oxidation sites excluding steroid dienone is 1. The summed E-state index contributed by atoms with van der Waals surface area (Å²) in [6, 6.07) is 9.67. The van der Waals surface area contributed by atoms with E-state index in [1.165, 1.54) is 6.08 Å². The molecule has 1 aliphatic heterocycles. The van der Waals surface area contributed by atoms with E-state index in [9.17, 15) is 22.8 Å². The lowest BCUT2D eigenvalue weighted by Crippen LogP contribution is -2.48. The summed E-state index contributed by atoms with van der Waals surface area (Å²) in [4.78, 5) is 24.5. The Morgan fingerprint density at radius 1 is 1.27 bits per heavy atom. The summed E-state index contributed by atoms with van der Waals surface area (Å²) in [5, 5.41) is 10.4. The Labute approximate surface area is 175 Å². The molecule has 0 saturated carbocycles. The summed E-state index contributed by atoms with van der Waals surface area (Å²) in [6.07, 6.45) is 0.803. The van der Waals surface area contributed by atoms with Crippen LogP contribution in [-0.4, -0.2) is 34.5 Å². The standard InChI is InChI=1S/C20H21F3N4O2S/c21-20(22,23)18-26-27-19(30-18)25-17(29)9-8-14(12-16(28)15-10-11-24-15)7-6-13-4-2-1-3-5-13/h1-5,8-9,14-15,24H,6-7,10-12H2,(H,25,27,29)/b9-8+/t14-,15-/m0/s1. The molecular weight excluding hydrogens is 417 g/mol. The van der Waals surface area contributed by atoms with Crippen LogP contribution < -0.4 is 10.6 Å². The molecule has 30 heavy (non-hydrogen) atoms. The summed E-state index contributed by atoms with van der Waals surface area (Å²) >= 11 is 0.260. The quantitative estimate of drug-likeness (QED) is 0.585. The number of anilines is 1. The summed E-state index contributed by atoms with van der Waals surface area (Å²) in [5.41, 5.74) is 1.13. The highest BCUT2D eigenvalue weighted by Gasteiger charge is 2.35. The maximum atomic E-state index is 12.6. The smallest absolute Gasteiger partial charge is 0.307 e. The molecule has 1 aromatic heterocycles. The van der Waals surface area contributed by atoms with Crippen molar-refractivity contribution in [2.45, 2.75) is 37.9 Å². The molecule has 2 N–H and O–H groups in total. The number of carbonyl (C=O) groups excluding carboxylic acids is 2. The maximum Gasteiger partial charge on any atom is 0.445 e. The Morgan fingerprint density at radius 3 is 2.60 bits per heavy atom. The fraction of sp³-hybridized carbons (Fsp3) is 0.400. The zero-order chi connectivity index (χ0) is 21.6. The van der Waals surface area contributed by atoms with Crippen LogP contribution >= 0.6 is 11.3 Å². The minimum absolute atomic E-state index is 0.100. The number of hydrogen-bond donors (Lipinski definition) is 2. The van der Waals surface area contributed by atoms with E-state index in [0.29, 0.717) is 12.8 Å². The van der Waals surface area contributed by atoms with Gasteiger partial charge in [0.15, 0.2) is 0 Å².